The molecule has 1 rings (SSSR count). The van der Waals surface area contributed by atoms with Crippen molar-refractivity contribution >= 4 is 35.1 Å². The van der Waals surface area contributed by atoms with Gasteiger partial charge in [-0.2, -0.15) is 0 Å². The fraction of sp³-hybridized carbons (Fsp3) is 0.525. The molecular formula is C40H59NO5S. The average Bonchev–Trinajstić information content (AvgIpc) is 3.07. The lowest BCUT2D eigenvalue weighted by atomic mass is 9.87. The molecule has 0 aliphatic rings. The zero-order valence-electron chi connectivity index (χ0n) is 29.5. The minimum absolute atomic E-state index is 0.0258. The zero-order valence-corrected chi connectivity index (χ0v) is 30.3. The van der Waals surface area contributed by atoms with Crippen molar-refractivity contribution in [2.45, 2.75) is 116 Å². The molecule has 0 fully saturated rings. The van der Waals surface area contributed by atoms with Crippen molar-refractivity contribution in [3.63, 3.8) is 0 Å². The highest BCUT2D eigenvalue weighted by atomic mass is 32.2. The van der Waals surface area contributed by atoms with Crippen LogP contribution in [0.5, 0.6) is 5.75 Å². The first kappa shape index (κ1) is 41.7. The molecule has 0 aliphatic heterocycles. The minimum Gasteiger partial charge on any atom is -0.507 e. The molecule has 0 aliphatic carbocycles. The second-order valence-electron chi connectivity index (χ2n) is 11.6. The number of unbranched alkanes of at least 4 members (excludes halogenated alkanes) is 2. The predicted octanol–water partition coefficient (Wildman–Crippen LogP) is 10.7. The number of phenols is 1. The lowest BCUT2D eigenvalue weighted by Gasteiger charge is -2.31. The fourth-order valence-electron chi connectivity index (χ4n) is 5.15. The van der Waals surface area contributed by atoms with Crippen molar-refractivity contribution in [3.8, 4) is 5.75 Å². The predicted molar refractivity (Wildman–Crippen MR) is 200 cm³/mol. The van der Waals surface area contributed by atoms with E-state index in [2.05, 4.69) is 86.8 Å². The molecule has 1 aromatic carbocycles. The van der Waals surface area contributed by atoms with E-state index in [0.717, 1.165) is 76.4 Å². The first-order valence-corrected chi connectivity index (χ1v) is 18.4. The standard InChI is InChI=1S/C40H59NO5S/c1-6-10-11-12-13-14-15-16-17-18-19-20-21-22-23-24-25-26-30-47-40(8-3,9-4)37(43)31-33(27-7-2)38(44)41-34-28-29-36(42)35(32-34)39(45)46-5/h10-11,13-14,16-17,19-20,22-23,28-29,32-33,42H,6-9,12,15,18,21,24-27,30-31H2,1-5H3,(H,41,44)/b11-10-,14-13-,17-16-,20-19-,23-22-/t33-/m1/s1. The number of carbonyl (C=O) groups excluding carboxylic acids is 3. The number of benzene rings is 1. The van der Waals surface area contributed by atoms with Crippen LogP contribution < -0.4 is 5.32 Å². The number of allylic oxidation sites excluding steroid dienone is 10. The Morgan fingerprint density at radius 2 is 1.43 bits per heavy atom. The number of anilines is 1. The number of thioether (sulfide) groups is 1. The SMILES string of the molecule is CC/C=C\C/C=C\C/C=C\C/C=C\C/C=C\CCCCSC(CC)(CC)C(=O)C[C@@H](CCC)C(=O)Nc1ccc(O)c(C(=O)OC)c1. The van der Waals surface area contributed by atoms with E-state index in [1.165, 1.54) is 25.3 Å². The quantitative estimate of drug-likeness (QED) is 0.0467. The van der Waals surface area contributed by atoms with Crippen molar-refractivity contribution in [2.24, 2.45) is 5.92 Å². The van der Waals surface area contributed by atoms with Crippen LogP contribution in [0.4, 0.5) is 5.69 Å². The summed E-state index contributed by atoms with van der Waals surface area (Å²) in [5, 5.41) is 12.8. The van der Waals surface area contributed by atoms with E-state index in [9.17, 15) is 19.5 Å². The second kappa shape index (κ2) is 25.7. The highest BCUT2D eigenvalue weighted by Gasteiger charge is 2.37. The van der Waals surface area contributed by atoms with E-state index in [4.69, 9.17) is 4.74 Å². The van der Waals surface area contributed by atoms with Crippen LogP contribution in [0.3, 0.4) is 0 Å². The summed E-state index contributed by atoms with van der Waals surface area (Å²) in [5.74, 6) is -0.613. The summed E-state index contributed by atoms with van der Waals surface area (Å²) in [5.41, 5.74) is 0.350. The summed E-state index contributed by atoms with van der Waals surface area (Å²) in [6.07, 6.45) is 33.2. The van der Waals surface area contributed by atoms with Gasteiger partial charge < -0.3 is 15.2 Å². The van der Waals surface area contributed by atoms with Crippen molar-refractivity contribution in [2.75, 3.05) is 18.2 Å². The molecule has 0 heterocycles. The number of methoxy groups -OCH3 is 1. The van der Waals surface area contributed by atoms with Gasteiger partial charge in [0.15, 0.2) is 0 Å². The van der Waals surface area contributed by atoms with Gasteiger partial charge in [-0.1, -0.05) is 94.9 Å². The molecule has 1 atom stereocenters. The van der Waals surface area contributed by atoms with Gasteiger partial charge in [0, 0.05) is 18.0 Å². The molecule has 0 aromatic heterocycles. The number of ketones is 1. The van der Waals surface area contributed by atoms with Gasteiger partial charge in [-0.3, -0.25) is 9.59 Å². The molecule has 47 heavy (non-hydrogen) atoms. The van der Waals surface area contributed by atoms with Gasteiger partial charge in [-0.25, -0.2) is 4.79 Å². The van der Waals surface area contributed by atoms with Crippen molar-refractivity contribution in [1.82, 2.24) is 0 Å². The third-order valence-corrected chi connectivity index (χ3v) is 9.91. The number of carbonyl (C=O) groups is 3. The number of esters is 1. The smallest absolute Gasteiger partial charge is 0.341 e. The maximum Gasteiger partial charge on any atom is 0.341 e. The number of nitrogens with one attached hydrogen (secondary N) is 1. The molecule has 0 radical (unpaired) electrons. The van der Waals surface area contributed by atoms with Crippen LogP contribution >= 0.6 is 11.8 Å². The van der Waals surface area contributed by atoms with Gasteiger partial charge in [0.1, 0.15) is 17.1 Å². The van der Waals surface area contributed by atoms with E-state index in [1.807, 2.05) is 6.92 Å². The summed E-state index contributed by atoms with van der Waals surface area (Å²) in [7, 11) is 1.23. The number of rotatable bonds is 25. The molecule has 0 bridgehead atoms. The van der Waals surface area contributed by atoms with E-state index in [0.29, 0.717) is 12.1 Å². The topological polar surface area (TPSA) is 92.7 Å². The van der Waals surface area contributed by atoms with Crippen molar-refractivity contribution < 1.29 is 24.2 Å². The zero-order chi connectivity index (χ0) is 34.8. The monoisotopic (exact) mass is 665 g/mol. The Morgan fingerprint density at radius 3 is 1.96 bits per heavy atom. The maximum absolute atomic E-state index is 13.7. The Balaban J connectivity index is 2.50. The Hall–Kier alpha value is -3.32. The number of amides is 1. The lowest BCUT2D eigenvalue weighted by Crippen LogP contribution is -2.37. The van der Waals surface area contributed by atoms with Gasteiger partial charge >= 0.3 is 5.97 Å². The van der Waals surface area contributed by atoms with Crippen LogP contribution in [-0.2, 0) is 14.3 Å². The van der Waals surface area contributed by atoms with E-state index in [-0.39, 0.29) is 29.4 Å². The number of ether oxygens (including phenoxy) is 1. The van der Waals surface area contributed by atoms with Crippen LogP contribution in [0, 0.1) is 5.92 Å². The highest BCUT2D eigenvalue weighted by molar-refractivity contribution is 8.01. The summed E-state index contributed by atoms with van der Waals surface area (Å²) in [4.78, 5) is 38.9. The van der Waals surface area contributed by atoms with Crippen LogP contribution in [-0.4, -0.2) is 40.4 Å². The van der Waals surface area contributed by atoms with Crippen molar-refractivity contribution in [3.05, 3.63) is 84.5 Å². The van der Waals surface area contributed by atoms with Gasteiger partial charge in [0.25, 0.3) is 0 Å². The van der Waals surface area contributed by atoms with Crippen LogP contribution in [0.25, 0.3) is 0 Å². The van der Waals surface area contributed by atoms with E-state index in [1.54, 1.807) is 11.8 Å². The minimum atomic E-state index is -0.690. The lowest BCUT2D eigenvalue weighted by molar-refractivity contribution is -0.127. The first-order chi connectivity index (χ1) is 22.8. The summed E-state index contributed by atoms with van der Waals surface area (Å²) in [6, 6.07) is 4.27. The first-order valence-electron chi connectivity index (χ1n) is 17.4. The Kier molecular flexibility index (Phi) is 22.8. The average molecular weight is 666 g/mol. The summed E-state index contributed by atoms with van der Waals surface area (Å²) in [6.45, 7) is 8.27. The van der Waals surface area contributed by atoms with E-state index < -0.39 is 16.6 Å². The van der Waals surface area contributed by atoms with Crippen LogP contribution in [0.1, 0.15) is 122 Å². The number of hydrogen-bond donors (Lipinski definition) is 2. The second-order valence-corrected chi connectivity index (χ2v) is 13.1. The Morgan fingerprint density at radius 1 is 0.851 bits per heavy atom. The number of phenolic OH excluding ortho intramolecular Hbond substituents is 1. The van der Waals surface area contributed by atoms with Gasteiger partial charge in [0.05, 0.1) is 11.9 Å². The van der Waals surface area contributed by atoms with Crippen LogP contribution in [0.15, 0.2) is 79.0 Å². The molecule has 1 amide bonds. The molecular weight excluding hydrogens is 607 g/mol. The number of hydrogen-bond acceptors (Lipinski definition) is 6. The van der Waals surface area contributed by atoms with Gasteiger partial charge in [0.2, 0.25) is 5.91 Å². The number of Topliss-reactive ketones (excluding diaryl/α,β-unsaturated/α-hetero) is 1. The molecule has 0 saturated carbocycles. The highest BCUT2D eigenvalue weighted by Crippen LogP contribution is 2.37. The van der Waals surface area contributed by atoms with E-state index >= 15 is 0 Å². The Labute approximate surface area is 288 Å². The molecule has 0 saturated heterocycles. The fourth-order valence-corrected chi connectivity index (χ4v) is 6.54. The molecule has 2 N–H and O–H groups in total. The van der Waals surface area contributed by atoms with Crippen LogP contribution in [0.2, 0.25) is 0 Å². The third kappa shape index (κ3) is 16.9. The molecule has 7 heteroatoms. The normalized spacial score (nSPS) is 13.0. The third-order valence-electron chi connectivity index (χ3n) is 8.06. The molecule has 6 nitrogen and oxygen atoms in total. The summed E-state index contributed by atoms with van der Waals surface area (Å²) < 4.78 is 4.21. The number of aromatic hydroxyl groups is 1. The molecule has 0 unspecified atom stereocenters. The molecule has 0 spiro atoms. The largest absolute Gasteiger partial charge is 0.507 e. The Bertz CT molecular complexity index is 1210. The maximum atomic E-state index is 13.7. The van der Waals surface area contributed by atoms with Gasteiger partial charge in [-0.15, -0.1) is 11.8 Å². The van der Waals surface area contributed by atoms with Gasteiger partial charge in [-0.05, 0) is 94.6 Å². The van der Waals surface area contributed by atoms with Crippen molar-refractivity contribution in [1.29, 1.82) is 0 Å². The summed E-state index contributed by atoms with van der Waals surface area (Å²) >= 11 is 1.74. The molecule has 1 aromatic rings. The molecule has 260 valence electrons.